The van der Waals surface area contributed by atoms with Crippen LogP contribution in [0, 0.1) is 11.8 Å². The quantitative estimate of drug-likeness (QED) is 0.433. The maximum atomic E-state index is 12.7. The van der Waals surface area contributed by atoms with Crippen LogP contribution in [0.3, 0.4) is 0 Å². The normalized spacial score (nSPS) is 24.3. The van der Waals surface area contributed by atoms with Crippen LogP contribution in [0.1, 0.15) is 46.3 Å². The average Bonchev–Trinajstić information content (AvgIpc) is 3.68. The van der Waals surface area contributed by atoms with Gasteiger partial charge in [-0.05, 0) is 52.2 Å². The van der Waals surface area contributed by atoms with Crippen molar-refractivity contribution < 1.29 is 19.1 Å². The third-order valence-electron chi connectivity index (χ3n) is 8.62. The lowest BCUT2D eigenvalue weighted by Crippen LogP contribution is -2.37. The Labute approximate surface area is 249 Å². The number of aromatic nitrogens is 4. The van der Waals surface area contributed by atoms with E-state index in [0.29, 0.717) is 36.6 Å². The Morgan fingerprint density at radius 2 is 1.88 bits per heavy atom. The number of likely N-dealkylation sites (tertiary alicyclic amines) is 1. The predicted molar refractivity (Wildman–Crippen MR) is 161 cm³/mol. The van der Waals surface area contributed by atoms with E-state index >= 15 is 0 Å². The number of nitrogens with zero attached hydrogens (tertiary/aromatic N) is 7. The number of amides is 2. The fourth-order valence-electron chi connectivity index (χ4n) is 6.46. The molecule has 12 heteroatoms. The molecule has 1 aromatic carbocycles. The Balaban J connectivity index is 1.22. The molecule has 4 aliphatic heterocycles. The summed E-state index contributed by atoms with van der Waals surface area (Å²) < 4.78 is 13.8. The fourth-order valence-corrected chi connectivity index (χ4v) is 7.49. The highest BCUT2D eigenvalue weighted by Crippen LogP contribution is 2.40. The van der Waals surface area contributed by atoms with Crippen LogP contribution in [-0.4, -0.2) is 87.6 Å². The van der Waals surface area contributed by atoms with Crippen molar-refractivity contribution in [3.63, 3.8) is 0 Å². The number of benzene rings is 1. The number of carbonyl (C=O) groups is 2. The van der Waals surface area contributed by atoms with E-state index in [2.05, 4.69) is 15.5 Å². The summed E-state index contributed by atoms with van der Waals surface area (Å²) in [5, 5.41) is 0. The topological polar surface area (TPSA) is 106 Å². The predicted octanol–water partition coefficient (Wildman–Crippen LogP) is 4.56. The number of fused-ring (bicyclic) bond motifs is 3. The van der Waals surface area contributed by atoms with Crippen LogP contribution in [0.5, 0.6) is 0 Å². The largest absolute Gasteiger partial charge is 0.444 e. The summed E-state index contributed by atoms with van der Waals surface area (Å²) in [6.07, 6.45) is 4.59. The number of anilines is 2. The van der Waals surface area contributed by atoms with Gasteiger partial charge < -0.3 is 24.2 Å². The molecule has 3 fully saturated rings. The molecule has 6 heterocycles. The third kappa shape index (κ3) is 4.98. The van der Waals surface area contributed by atoms with Crippen LogP contribution in [0.15, 0.2) is 29.4 Å². The molecule has 2 amide bonds. The number of carbonyl (C=O) groups excluding carboxylic acids is 2. The van der Waals surface area contributed by atoms with Gasteiger partial charge in [-0.3, -0.25) is 9.36 Å². The Morgan fingerprint density at radius 1 is 1.10 bits per heavy atom. The number of ether oxygens (including phenoxy) is 2. The van der Waals surface area contributed by atoms with E-state index in [4.69, 9.17) is 24.4 Å². The van der Waals surface area contributed by atoms with Crippen LogP contribution in [0.2, 0.25) is 0 Å². The van der Waals surface area contributed by atoms with Crippen molar-refractivity contribution in [3.05, 3.63) is 24.5 Å². The van der Waals surface area contributed by atoms with Gasteiger partial charge in [-0.25, -0.2) is 14.8 Å². The molecule has 0 aliphatic carbocycles. The Hall–Kier alpha value is -3.38. The van der Waals surface area contributed by atoms with Gasteiger partial charge in [0.15, 0.2) is 5.65 Å². The Morgan fingerprint density at radius 3 is 2.60 bits per heavy atom. The molecule has 3 saturated heterocycles. The molecule has 7 rings (SSSR count). The second kappa shape index (κ2) is 10.4. The highest BCUT2D eigenvalue weighted by Gasteiger charge is 2.43. The van der Waals surface area contributed by atoms with Crippen molar-refractivity contribution in [2.45, 2.75) is 56.8 Å². The molecule has 2 aromatic heterocycles. The molecule has 4 aliphatic rings. The molecule has 0 bridgehead atoms. The molecule has 3 unspecified atom stereocenters. The van der Waals surface area contributed by atoms with Gasteiger partial charge in [0, 0.05) is 62.1 Å². The number of thioether (sulfide) groups is 1. The van der Waals surface area contributed by atoms with Crippen molar-refractivity contribution in [1.82, 2.24) is 24.4 Å². The van der Waals surface area contributed by atoms with Gasteiger partial charge in [0.25, 0.3) is 0 Å². The van der Waals surface area contributed by atoms with Crippen LogP contribution in [0.4, 0.5) is 16.4 Å². The van der Waals surface area contributed by atoms with Crippen molar-refractivity contribution in [3.8, 4) is 11.3 Å². The van der Waals surface area contributed by atoms with Crippen LogP contribution >= 0.6 is 11.8 Å². The number of imidazole rings is 1. The summed E-state index contributed by atoms with van der Waals surface area (Å²) in [5.74, 6) is 1.86. The first-order valence-electron chi connectivity index (χ1n) is 14.8. The standard InChI is InChI=1S/C30H37N7O4S/c1-30(2,3)41-29(39)36-14-19-12-35(13-20(19)15-36)28-32-25(18-8-9-21-22(11-18)42-16-23(38)34(21)4)26-27(33-28)37(17-31-26)24-7-5-6-10-40-24/h8-9,11,17,19-20,24H,5-7,10,12-16H2,1-4H3. The third-order valence-corrected chi connectivity index (χ3v) is 9.65. The average molecular weight is 592 g/mol. The molecule has 0 saturated carbocycles. The van der Waals surface area contributed by atoms with E-state index in [1.54, 1.807) is 16.7 Å². The van der Waals surface area contributed by atoms with Gasteiger partial charge in [0.2, 0.25) is 11.9 Å². The lowest BCUT2D eigenvalue weighted by Gasteiger charge is -2.27. The lowest BCUT2D eigenvalue weighted by atomic mass is 10.0. The number of hydrogen-bond acceptors (Lipinski definition) is 9. The minimum atomic E-state index is -0.508. The van der Waals surface area contributed by atoms with E-state index in [9.17, 15) is 9.59 Å². The molecule has 3 aromatic rings. The van der Waals surface area contributed by atoms with Gasteiger partial charge in [-0.1, -0.05) is 6.07 Å². The summed E-state index contributed by atoms with van der Waals surface area (Å²) in [7, 11) is 1.82. The molecule has 0 spiro atoms. The van der Waals surface area contributed by atoms with Crippen molar-refractivity contribution in [2.24, 2.45) is 11.8 Å². The highest BCUT2D eigenvalue weighted by atomic mass is 32.2. The SMILES string of the molecule is CN1C(=O)CSc2cc(-c3nc(N4CC5CN(C(=O)OC(C)(C)C)CC5C4)nc4c3ncn4C3CCCCO3)ccc21. The number of hydrogen-bond donors (Lipinski definition) is 0. The smallest absolute Gasteiger partial charge is 0.410 e. The minimum Gasteiger partial charge on any atom is -0.444 e. The molecule has 0 radical (unpaired) electrons. The van der Waals surface area contributed by atoms with E-state index < -0.39 is 5.60 Å². The fraction of sp³-hybridized carbons (Fsp3) is 0.567. The Bertz CT molecular complexity index is 1530. The van der Waals surface area contributed by atoms with Crippen LogP contribution in [0.25, 0.3) is 22.4 Å². The first-order valence-corrected chi connectivity index (χ1v) is 15.8. The first-order chi connectivity index (χ1) is 20.1. The molecular weight excluding hydrogens is 554 g/mol. The maximum Gasteiger partial charge on any atom is 0.410 e. The van der Waals surface area contributed by atoms with Crippen molar-refractivity contribution in [2.75, 3.05) is 55.4 Å². The van der Waals surface area contributed by atoms with E-state index in [1.807, 2.05) is 51.2 Å². The monoisotopic (exact) mass is 591 g/mol. The van der Waals surface area contributed by atoms with Crippen molar-refractivity contribution >= 4 is 46.6 Å². The second-order valence-corrected chi connectivity index (χ2v) is 13.8. The van der Waals surface area contributed by atoms with E-state index in [1.165, 1.54) is 0 Å². The summed E-state index contributed by atoms with van der Waals surface area (Å²) in [6.45, 7) is 9.32. The number of rotatable bonds is 3. The molecule has 11 nitrogen and oxygen atoms in total. The molecule has 0 N–H and O–H groups in total. The zero-order valence-electron chi connectivity index (χ0n) is 24.6. The van der Waals surface area contributed by atoms with Gasteiger partial charge in [0.05, 0.1) is 17.8 Å². The Kier molecular flexibility index (Phi) is 6.80. The van der Waals surface area contributed by atoms with Crippen LogP contribution in [-0.2, 0) is 14.3 Å². The summed E-state index contributed by atoms with van der Waals surface area (Å²) >= 11 is 1.56. The van der Waals surface area contributed by atoms with Crippen LogP contribution < -0.4 is 9.80 Å². The van der Waals surface area contributed by atoms with Crippen molar-refractivity contribution in [1.29, 1.82) is 0 Å². The molecule has 42 heavy (non-hydrogen) atoms. The summed E-state index contributed by atoms with van der Waals surface area (Å²) in [5.41, 5.74) is 3.64. The molecular formula is C30H37N7O4S. The minimum absolute atomic E-state index is 0.0987. The molecule has 222 valence electrons. The second-order valence-electron chi connectivity index (χ2n) is 12.8. The zero-order valence-corrected chi connectivity index (χ0v) is 25.4. The first kappa shape index (κ1) is 27.5. The summed E-state index contributed by atoms with van der Waals surface area (Å²) in [6, 6.07) is 6.13. The van der Waals surface area contributed by atoms with E-state index in [0.717, 1.165) is 72.0 Å². The van der Waals surface area contributed by atoms with Gasteiger partial charge in [0.1, 0.15) is 23.0 Å². The lowest BCUT2D eigenvalue weighted by molar-refractivity contribution is -0.116. The summed E-state index contributed by atoms with van der Waals surface area (Å²) in [4.78, 5) is 46.9. The highest BCUT2D eigenvalue weighted by molar-refractivity contribution is 8.00. The maximum absolute atomic E-state index is 12.7. The van der Waals surface area contributed by atoms with E-state index in [-0.39, 0.29) is 18.2 Å². The van der Waals surface area contributed by atoms with Gasteiger partial charge >= 0.3 is 6.09 Å². The van der Waals surface area contributed by atoms with Gasteiger partial charge in [-0.15, -0.1) is 11.8 Å². The zero-order chi connectivity index (χ0) is 29.2. The van der Waals surface area contributed by atoms with Gasteiger partial charge in [-0.2, -0.15) is 4.98 Å². The molecule has 3 atom stereocenters.